The Morgan fingerprint density at radius 1 is 1.15 bits per heavy atom. The Labute approximate surface area is 197 Å². The number of benzene rings is 1. The summed E-state index contributed by atoms with van der Waals surface area (Å²) in [5.74, 6) is 1.59. The van der Waals surface area contributed by atoms with Crippen molar-refractivity contribution in [2.75, 3.05) is 19.7 Å². The van der Waals surface area contributed by atoms with Crippen LogP contribution in [0.25, 0.3) is 0 Å². The lowest BCUT2D eigenvalue weighted by molar-refractivity contribution is -0.143. The average molecular weight is 460 g/mol. The minimum Gasteiger partial charge on any atom is -0.444 e. The molecule has 1 aromatic carbocycles. The Morgan fingerprint density at radius 2 is 1.79 bits per heavy atom. The number of ether oxygens (including phenoxy) is 1. The molecular formula is C25H37N3O5. The first-order valence-electron chi connectivity index (χ1n) is 11.3. The van der Waals surface area contributed by atoms with Crippen LogP contribution >= 0.6 is 0 Å². The molecule has 0 radical (unpaired) electrons. The van der Waals surface area contributed by atoms with Crippen LogP contribution in [0.2, 0.25) is 0 Å². The first kappa shape index (κ1) is 28.0. The fraction of sp³-hybridized carbons (Fsp3) is 0.560. The Kier molecular flexibility index (Phi) is 11.4. The maximum Gasteiger partial charge on any atom is 0.408 e. The number of aliphatic hydroxyl groups excluding tert-OH is 1. The van der Waals surface area contributed by atoms with Gasteiger partial charge in [0, 0.05) is 18.7 Å². The molecule has 3 amide bonds. The number of unbranched alkanes of at least 4 members (excludes halogenated alkanes) is 2. The fourth-order valence-corrected chi connectivity index (χ4v) is 3.22. The van der Waals surface area contributed by atoms with Gasteiger partial charge in [0.05, 0.1) is 6.61 Å². The van der Waals surface area contributed by atoms with Gasteiger partial charge < -0.3 is 25.4 Å². The molecule has 8 heteroatoms. The highest BCUT2D eigenvalue weighted by molar-refractivity contribution is 5.92. The van der Waals surface area contributed by atoms with Crippen molar-refractivity contribution in [1.29, 1.82) is 0 Å². The number of carbonyl (C=O) groups excluding carboxylic acids is 3. The van der Waals surface area contributed by atoms with E-state index in [1.807, 2.05) is 0 Å². The molecular weight excluding hydrogens is 422 g/mol. The molecule has 0 saturated carbocycles. The molecule has 182 valence electrons. The number of terminal acetylenes is 1. The molecule has 0 saturated heterocycles. The molecule has 2 atom stereocenters. The van der Waals surface area contributed by atoms with E-state index in [-0.39, 0.29) is 12.5 Å². The van der Waals surface area contributed by atoms with Gasteiger partial charge in [0.1, 0.15) is 17.7 Å². The number of nitrogens with one attached hydrogen (secondary N) is 2. The number of amides is 3. The van der Waals surface area contributed by atoms with Gasteiger partial charge in [0.15, 0.2) is 0 Å². The number of alkyl carbamates (subject to hydrolysis) is 1. The Balaban J connectivity index is 3.19. The molecule has 0 bridgehead atoms. The van der Waals surface area contributed by atoms with Crippen LogP contribution in [-0.2, 0) is 14.3 Å². The number of rotatable bonds is 11. The second-order valence-corrected chi connectivity index (χ2v) is 8.67. The Hall–Kier alpha value is -3.05. The smallest absolute Gasteiger partial charge is 0.408 e. The van der Waals surface area contributed by atoms with Gasteiger partial charge >= 0.3 is 6.09 Å². The summed E-state index contributed by atoms with van der Waals surface area (Å²) < 4.78 is 5.20. The SMILES string of the molecule is C#Cc1ccc(C(C(=O)NCCCCC)N(CC)C(=O)C(CO)NC(=O)OC(C)(C)C)cc1. The van der Waals surface area contributed by atoms with Crippen molar-refractivity contribution in [3.05, 3.63) is 35.4 Å². The quantitative estimate of drug-likeness (QED) is 0.348. The largest absolute Gasteiger partial charge is 0.444 e. The van der Waals surface area contributed by atoms with Crippen molar-refractivity contribution in [2.45, 2.75) is 71.6 Å². The van der Waals surface area contributed by atoms with Crippen LogP contribution in [0, 0.1) is 12.3 Å². The third-order valence-electron chi connectivity index (χ3n) is 4.83. The van der Waals surface area contributed by atoms with E-state index in [1.165, 1.54) is 4.90 Å². The molecule has 1 rings (SSSR count). The van der Waals surface area contributed by atoms with Crippen molar-refractivity contribution in [2.24, 2.45) is 0 Å². The van der Waals surface area contributed by atoms with Crippen LogP contribution in [-0.4, -0.2) is 59.3 Å². The van der Waals surface area contributed by atoms with Crippen LogP contribution in [0.5, 0.6) is 0 Å². The van der Waals surface area contributed by atoms with E-state index in [9.17, 15) is 19.5 Å². The lowest BCUT2D eigenvalue weighted by Gasteiger charge is -2.33. The summed E-state index contributed by atoms with van der Waals surface area (Å²) in [6.07, 6.45) is 7.43. The lowest BCUT2D eigenvalue weighted by Crippen LogP contribution is -2.54. The molecule has 0 aliphatic heterocycles. The summed E-state index contributed by atoms with van der Waals surface area (Å²) in [5, 5.41) is 15.1. The van der Waals surface area contributed by atoms with Gasteiger partial charge in [-0.1, -0.05) is 37.8 Å². The summed E-state index contributed by atoms with van der Waals surface area (Å²) in [4.78, 5) is 40.0. The highest BCUT2D eigenvalue weighted by Crippen LogP contribution is 2.23. The highest BCUT2D eigenvalue weighted by Gasteiger charge is 2.35. The number of hydrogen-bond donors (Lipinski definition) is 3. The maximum atomic E-state index is 13.3. The van der Waals surface area contributed by atoms with Crippen LogP contribution in [0.4, 0.5) is 4.79 Å². The van der Waals surface area contributed by atoms with E-state index in [1.54, 1.807) is 52.0 Å². The zero-order valence-corrected chi connectivity index (χ0v) is 20.3. The zero-order chi connectivity index (χ0) is 25.0. The molecule has 2 unspecified atom stereocenters. The molecule has 33 heavy (non-hydrogen) atoms. The predicted molar refractivity (Wildman–Crippen MR) is 127 cm³/mol. The zero-order valence-electron chi connectivity index (χ0n) is 20.3. The fourth-order valence-electron chi connectivity index (χ4n) is 3.22. The molecule has 1 aromatic rings. The molecule has 0 aliphatic rings. The third-order valence-corrected chi connectivity index (χ3v) is 4.83. The summed E-state index contributed by atoms with van der Waals surface area (Å²) in [6.45, 7) is 8.90. The van der Waals surface area contributed by atoms with Crippen molar-refractivity contribution in [3.8, 4) is 12.3 Å². The van der Waals surface area contributed by atoms with Crippen molar-refractivity contribution in [3.63, 3.8) is 0 Å². The molecule has 0 heterocycles. The van der Waals surface area contributed by atoms with E-state index in [2.05, 4.69) is 23.5 Å². The average Bonchev–Trinajstić information content (AvgIpc) is 2.77. The lowest BCUT2D eigenvalue weighted by atomic mass is 10.0. The number of likely N-dealkylation sites (N-methyl/N-ethyl adjacent to an activating group) is 1. The normalized spacial score (nSPS) is 12.8. The number of carbonyl (C=O) groups is 3. The van der Waals surface area contributed by atoms with Gasteiger partial charge in [-0.25, -0.2) is 4.79 Å². The van der Waals surface area contributed by atoms with Gasteiger partial charge in [-0.3, -0.25) is 9.59 Å². The topological polar surface area (TPSA) is 108 Å². The minimum atomic E-state index is -1.26. The monoisotopic (exact) mass is 459 g/mol. The van der Waals surface area contributed by atoms with Crippen LogP contribution in [0.15, 0.2) is 24.3 Å². The minimum absolute atomic E-state index is 0.176. The van der Waals surface area contributed by atoms with Crippen LogP contribution < -0.4 is 10.6 Å². The van der Waals surface area contributed by atoms with Gasteiger partial charge in [0.25, 0.3) is 0 Å². The summed E-state index contributed by atoms with van der Waals surface area (Å²) in [5.41, 5.74) is 0.457. The molecule has 3 N–H and O–H groups in total. The standard InChI is InChI=1S/C25H37N3O5/c1-7-10-11-16-26-22(30)21(19-14-12-18(8-2)13-15-19)28(9-3)23(31)20(17-29)27-24(32)33-25(4,5)6/h2,12-15,20-21,29H,7,9-11,16-17H2,1,3-6H3,(H,26,30)(H,27,32). The predicted octanol–water partition coefficient (Wildman–Crippen LogP) is 2.75. The maximum absolute atomic E-state index is 13.3. The van der Waals surface area contributed by atoms with E-state index in [0.717, 1.165) is 19.3 Å². The van der Waals surface area contributed by atoms with E-state index in [0.29, 0.717) is 17.7 Å². The molecule has 0 spiro atoms. The molecule has 0 fully saturated rings. The molecule has 0 aliphatic carbocycles. The second-order valence-electron chi connectivity index (χ2n) is 8.67. The highest BCUT2D eigenvalue weighted by atomic mass is 16.6. The van der Waals surface area contributed by atoms with Gasteiger partial charge in [-0.15, -0.1) is 6.42 Å². The van der Waals surface area contributed by atoms with Crippen molar-refractivity contribution < 1.29 is 24.2 Å². The van der Waals surface area contributed by atoms with Crippen molar-refractivity contribution >= 4 is 17.9 Å². The van der Waals surface area contributed by atoms with Gasteiger partial charge in [-0.05, 0) is 51.8 Å². The number of aliphatic hydroxyl groups is 1. The second kappa shape index (κ2) is 13.5. The molecule has 8 nitrogen and oxygen atoms in total. The van der Waals surface area contributed by atoms with Gasteiger partial charge in [0.2, 0.25) is 11.8 Å². The van der Waals surface area contributed by atoms with E-state index < -0.39 is 36.3 Å². The Morgan fingerprint density at radius 3 is 2.27 bits per heavy atom. The first-order chi connectivity index (χ1) is 15.6. The third kappa shape index (κ3) is 9.15. The summed E-state index contributed by atoms with van der Waals surface area (Å²) in [7, 11) is 0. The number of nitrogens with zero attached hydrogens (tertiary/aromatic N) is 1. The first-order valence-corrected chi connectivity index (χ1v) is 11.3. The Bertz CT molecular complexity index is 824. The summed E-state index contributed by atoms with van der Waals surface area (Å²) in [6, 6.07) is 4.60. The molecule has 0 aromatic heterocycles. The van der Waals surface area contributed by atoms with E-state index in [4.69, 9.17) is 11.2 Å². The van der Waals surface area contributed by atoms with E-state index >= 15 is 0 Å². The summed E-state index contributed by atoms with van der Waals surface area (Å²) >= 11 is 0. The van der Waals surface area contributed by atoms with Crippen LogP contribution in [0.1, 0.15) is 71.0 Å². The number of hydrogen-bond acceptors (Lipinski definition) is 5. The van der Waals surface area contributed by atoms with Crippen molar-refractivity contribution in [1.82, 2.24) is 15.5 Å². The van der Waals surface area contributed by atoms with Gasteiger partial charge in [-0.2, -0.15) is 0 Å². The van der Waals surface area contributed by atoms with Crippen LogP contribution in [0.3, 0.4) is 0 Å².